The van der Waals surface area contributed by atoms with Gasteiger partial charge in [0.1, 0.15) is 11.5 Å². The van der Waals surface area contributed by atoms with Crippen molar-refractivity contribution in [3.63, 3.8) is 0 Å². The standard InChI is InChI=1S/C18H20FN3O3/c1-22-16(14(10-21-22)11-3-2-4-11)17(23)20-9-15(18(24)25)12-5-7-13(19)8-6-12/h5-8,10-11,15H,2-4,9H2,1H3,(H,20,23)(H,24,25)/t15-/m1/s1. The number of carboxylic acid groups (broad SMARTS) is 1. The van der Waals surface area contributed by atoms with E-state index >= 15 is 0 Å². The number of rotatable bonds is 6. The molecule has 1 fully saturated rings. The number of nitrogens with zero attached hydrogens (tertiary/aromatic N) is 2. The molecule has 0 saturated heterocycles. The van der Waals surface area contributed by atoms with Gasteiger partial charge >= 0.3 is 5.97 Å². The Labute approximate surface area is 144 Å². The van der Waals surface area contributed by atoms with Crippen LogP contribution in [-0.4, -0.2) is 33.3 Å². The highest BCUT2D eigenvalue weighted by molar-refractivity contribution is 5.94. The van der Waals surface area contributed by atoms with E-state index in [1.807, 2.05) is 0 Å². The van der Waals surface area contributed by atoms with Crippen LogP contribution < -0.4 is 5.32 Å². The molecule has 2 aromatic rings. The molecule has 1 aromatic heterocycles. The summed E-state index contributed by atoms with van der Waals surface area (Å²) in [7, 11) is 1.70. The minimum Gasteiger partial charge on any atom is -0.481 e. The number of carbonyl (C=O) groups is 2. The highest BCUT2D eigenvalue weighted by atomic mass is 19.1. The van der Waals surface area contributed by atoms with Crippen molar-refractivity contribution < 1.29 is 19.1 Å². The normalized spacial score (nSPS) is 15.4. The lowest BCUT2D eigenvalue weighted by Crippen LogP contribution is -2.33. The molecule has 1 atom stereocenters. The molecule has 132 valence electrons. The lowest BCUT2D eigenvalue weighted by atomic mass is 9.80. The third-order valence-electron chi connectivity index (χ3n) is 4.76. The number of aromatic nitrogens is 2. The van der Waals surface area contributed by atoms with Crippen LogP contribution in [0.15, 0.2) is 30.5 Å². The lowest BCUT2D eigenvalue weighted by molar-refractivity contribution is -0.138. The van der Waals surface area contributed by atoms with Crippen molar-refractivity contribution in [1.29, 1.82) is 0 Å². The lowest BCUT2D eigenvalue weighted by Gasteiger charge is -2.25. The van der Waals surface area contributed by atoms with Crippen LogP contribution in [0.1, 0.15) is 52.7 Å². The number of hydrogen-bond acceptors (Lipinski definition) is 3. The molecular formula is C18H20FN3O3. The summed E-state index contributed by atoms with van der Waals surface area (Å²) in [6.07, 6.45) is 4.94. The monoisotopic (exact) mass is 345 g/mol. The molecule has 3 rings (SSSR count). The fourth-order valence-corrected chi connectivity index (χ4v) is 3.07. The maximum atomic E-state index is 13.0. The molecular weight excluding hydrogens is 325 g/mol. The van der Waals surface area contributed by atoms with E-state index in [0.717, 1.165) is 24.8 Å². The second kappa shape index (κ2) is 7.04. The van der Waals surface area contributed by atoms with Gasteiger partial charge in [0.15, 0.2) is 0 Å². The van der Waals surface area contributed by atoms with Crippen LogP contribution in [0, 0.1) is 5.82 Å². The number of carboxylic acids is 1. The van der Waals surface area contributed by atoms with Gasteiger partial charge < -0.3 is 10.4 Å². The second-order valence-electron chi connectivity index (χ2n) is 6.35. The van der Waals surface area contributed by atoms with Gasteiger partial charge in [-0.3, -0.25) is 14.3 Å². The fourth-order valence-electron chi connectivity index (χ4n) is 3.07. The Hall–Kier alpha value is -2.70. The van der Waals surface area contributed by atoms with Crippen molar-refractivity contribution in [3.8, 4) is 0 Å². The van der Waals surface area contributed by atoms with E-state index in [1.165, 1.54) is 28.9 Å². The van der Waals surface area contributed by atoms with E-state index in [0.29, 0.717) is 17.2 Å². The zero-order chi connectivity index (χ0) is 18.0. The Morgan fingerprint density at radius 2 is 2.04 bits per heavy atom. The third-order valence-corrected chi connectivity index (χ3v) is 4.76. The number of carbonyl (C=O) groups excluding carboxylic acids is 1. The van der Waals surface area contributed by atoms with E-state index in [9.17, 15) is 19.1 Å². The fraction of sp³-hybridized carbons (Fsp3) is 0.389. The Bertz CT molecular complexity index is 781. The molecule has 25 heavy (non-hydrogen) atoms. The molecule has 1 aliphatic rings. The Kier molecular flexibility index (Phi) is 4.83. The average Bonchev–Trinajstić information content (AvgIpc) is 2.88. The zero-order valence-corrected chi connectivity index (χ0v) is 13.9. The second-order valence-corrected chi connectivity index (χ2v) is 6.35. The first-order valence-corrected chi connectivity index (χ1v) is 8.25. The zero-order valence-electron chi connectivity index (χ0n) is 13.9. The molecule has 1 heterocycles. The summed E-state index contributed by atoms with van der Waals surface area (Å²) in [5.41, 5.74) is 1.84. The molecule has 1 saturated carbocycles. The number of nitrogens with one attached hydrogen (secondary N) is 1. The van der Waals surface area contributed by atoms with Crippen LogP contribution in [0.5, 0.6) is 0 Å². The molecule has 6 nitrogen and oxygen atoms in total. The van der Waals surface area contributed by atoms with E-state index in [1.54, 1.807) is 13.2 Å². The Morgan fingerprint density at radius 3 is 2.60 bits per heavy atom. The number of aryl methyl sites for hydroxylation is 1. The van der Waals surface area contributed by atoms with E-state index in [2.05, 4.69) is 10.4 Å². The van der Waals surface area contributed by atoms with E-state index in [-0.39, 0.29) is 12.5 Å². The first-order chi connectivity index (χ1) is 12.0. The molecule has 1 aromatic carbocycles. The summed E-state index contributed by atoms with van der Waals surface area (Å²) in [6.45, 7) is -0.0743. The van der Waals surface area contributed by atoms with Crippen molar-refractivity contribution >= 4 is 11.9 Å². The maximum absolute atomic E-state index is 13.0. The van der Waals surface area contributed by atoms with Crippen molar-refractivity contribution in [2.45, 2.75) is 31.1 Å². The topological polar surface area (TPSA) is 84.2 Å². The Balaban J connectivity index is 1.73. The van der Waals surface area contributed by atoms with Gasteiger partial charge in [0.25, 0.3) is 5.91 Å². The van der Waals surface area contributed by atoms with Crippen LogP contribution in [0.4, 0.5) is 4.39 Å². The summed E-state index contributed by atoms with van der Waals surface area (Å²) >= 11 is 0. The predicted molar refractivity (Wildman–Crippen MR) is 88.9 cm³/mol. The molecule has 1 amide bonds. The minimum atomic E-state index is -1.07. The highest BCUT2D eigenvalue weighted by Gasteiger charge is 2.28. The van der Waals surface area contributed by atoms with E-state index < -0.39 is 17.7 Å². The summed E-state index contributed by atoms with van der Waals surface area (Å²) in [5, 5.41) is 16.3. The molecule has 7 heteroatoms. The molecule has 2 N–H and O–H groups in total. The quantitative estimate of drug-likeness (QED) is 0.842. The SMILES string of the molecule is Cn1ncc(C2CCC2)c1C(=O)NC[C@@H](C(=O)O)c1ccc(F)cc1. The van der Waals surface area contributed by atoms with Crippen molar-refractivity contribution in [2.75, 3.05) is 6.54 Å². The van der Waals surface area contributed by atoms with Gasteiger partial charge in [-0.2, -0.15) is 5.10 Å². The number of hydrogen-bond donors (Lipinski definition) is 2. The van der Waals surface area contributed by atoms with E-state index in [4.69, 9.17) is 0 Å². The summed E-state index contributed by atoms with van der Waals surface area (Å²) in [5.74, 6) is -2.44. The molecule has 0 radical (unpaired) electrons. The van der Waals surface area contributed by atoms with Crippen LogP contribution in [0.3, 0.4) is 0 Å². The number of aliphatic carboxylic acids is 1. The third kappa shape index (κ3) is 3.55. The van der Waals surface area contributed by atoms with Gasteiger partial charge in [-0.1, -0.05) is 18.6 Å². The van der Waals surface area contributed by atoms with Crippen molar-refractivity contribution in [3.05, 3.63) is 53.1 Å². The number of halogens is 1. The highest BCUT2D eigenvalue weighted by Crippen LogP contribution is 2.37. The van der Waals surface area contributed by atoms with Gasteiger partial charge in [0.05, 0.1) is 12.1 Å². The van der Waals surface area contributed by atoms with Gasteiger partial charge in [0.2, 0.25) is 0 Å². The molecule has 0 bridgehead atoms. The first-order valence-electron chi connectivity index (χ1n) is 8.25. The predicted octanol–water partition coefficient (Wildman–Crippen LogP) is 2.42. The van der Waals surface area contributed by atoms with Gasteiger partial charge in [-0.15, -0.1) is 0 Å². The van der Waals surface area contributed by atoms with Crippen molar-refractivity contribution in [1.82, 2.24) is 15.1 Å². The van der Waals surface area contributed by atoms with Crippen LogP contribution in [0.25, 0.3) is 0 Å². The molecule has 0 unspecified atom stereocenters. The van der Waals surface area contributed by atoms with Crippen LogP contribution >= 0.6 is 0 Å². The summed E-state index contributed by atoms with van der Waals surface area (Å²) in [6, 6.07) is 5.26. The Morgan fingerprint density at radius 1 is 1.36 bits per heavy atom. The van der Waals surface area contributed by atoms with Crippen LogP contribution in [-0.2, 0) is 11.8 Å². The molecule has 0 aliphatic heterocycles. The minimum absolute atomic E-state index is 0.0743. The summed E-state index contributed by atoms with van der Waals surface area (Å²) < 4.78 is 14.6. The van der Waals surface area contributed by atoms with Crippen molar-refractivity contribution in [2.24, 2.45) is 7.05 Å². The summed E-state index contributed by atoms with van der Waals surface area (Å²) in [4.78, 5) is 24.1. The number of amides is 1. The first kappa shape index (κ1) is 17.1. The van der Waals surface area contributed by atoms with Gasteiger partial charge in [-0.25, -0.2) is 4.39 Å². The largest absolute Gasteiger partial charge is 0.481 e. The van der Waals surface area contributed by atoms with Crippen LogP contribution in [0.2, 0.25) is 0 Å². The van der Waals surface area contributed by atoms with Gasteiger partial charge in [0, 0.05) is 19.2 Å². The number of benzene rings is 1. The average molecular weight is 345 g/mol. The maximum Gasteiger partial charge on any atom is 0.312 e. The van der Waals surface area contributed by atoms with Gasteiger partial charge in [-0.05, 0) is 36.5 Å². The smallest absolute Gasteiger partial charge is 0.312 e. The molecule has 0 spiro atoms. The molecule has 1 aliphatic carbocycles.